The lowest BCUT2D eigenvalue weighted by Crippen LogP contribution is -2.36. The van der Waals surface area contributed by atoms with Crippen molar-refractivity contribution >= 4 is 11.6 Å². The van der Waals surface area contributed by atoms with E-state index >= 15 is 0 Å². The van der Waals surface area contributed by atoms with E-state index in [2.05, 4.69) is 4.98 Å². The zero-order chi connectivity index (χ0) is 19.1. The molecule has 0 radical (unpaired) electrons. The molecule has 1 aromatic heterocycles. The maximum absolute atomic E-state index is 12.8. The van der Waals surface area contributed by atoms with Crippen LogP contribution in [-0.4, -0.2) is 33.6 Å². The molecule has 1 aliphatic heterocycles. The molecule has 6 nitrogen and oxygen atoms in total. The number of nitrogens with zero attached hydrogens (tertiary/aromatic N) is 2. The van der Waals surface area contributed by atoms with E-state index in [0.717, 1.165) is 5.56 Å². The number of H-pyrrole nitrogens is 1. The fraction of sp³-hybridized carbons (Fsp3) is 0.375. The number of alkyl halides is 3. The van der Waals surface area contributed by atoms with Crippen molar-refractivity contribution in [2.45, 2.75) is 25.7 Å². The van der Waals surface area contributed by atoms with E-state index in [1.807, 2.05) is 4.90 Å². The molecule has 0 unspecified atom stereocenters. The number of aromatic hydroxyl groups is 1. The summed E-state index contributed by atoms with van der Waals surface area (Å²) >= 11 is 5.96. The van der Waals surface area contributed by atoms with Crippen molar-refractivity contribution in [1.29, 1.82) is 0 Å². The number of nitrogens with one attached hydrogen (secondary N) is 1. The van der Waals surface area contributed by atoms with Crippen LogP contribution in [0.1, 0.15) is 22.6 Å². The maximum Gasteiger partial charge on any atom is 0.449 e. The normalized spacial score (nSPS) is 15.0. The lowest BCUT2D eigenvalue weighted by atomic mass is 10.1. The molecule has 0 saturated heterocycles. The van der Waals surface area contributed by atoms with Crippen LogP contribution < -0.4 is 10.3 Å². The van der Waals surface area contributed by atoms with Gasteiger partial charge >= 0.3 is 6.18 Å². The molecule has 0 fully saturated rings. The van der Waals surface area contributed by atoms with Gasteiger partial charge in [0.25, 0.3) is 5.56 Å². The van der Waals surface area contributed by atoms with Crippen LogP contribution >= 0.6 is 11.6 Å². The Hall–Kier alpha value is -2.26. The SMILES string of the molecule is COc1cc(CN2CCc3nc(C(F)(F)F)[nH]c(=O)c3C2)cc(Cl)c1O. The molecule has 2 N–H and O–H groups in total. The minimum atomic E-state index is -4.69. The van der Waals surface area contributed by atoms with E-state index in [4.69, 9.17) is 16.3 Å². The highest BCUT2D eigenvalue weighted by atomic mass is 35.5. The highest BCUT2D eigenvalue weighted by Gasteiger charge is 2.36. The molecular formula is C16H15ClF3N3O3. The van der Waals surface area contributed by atoms with Crippen LogP contribution in [-0.2, 0) is 25.7 Å². The quantitative estimate of drug-likeness (QED) is 0.844. The zero-order valence-electron chi connectivity index (χ0n) is 13.7. The number of aromatic amines is 1. The molecule has 2 aromatic rings. The van der Waals surface area contributed by atoms with Crippen LogP contribution in [0.3, 0.4) is 0 Å². The number of fused-ring (bicyclic) bond motifs is 1. The van der Waals surface area contributed by atoms with E-state index in [9.17, 15) is 23.1 Å². The van der Waals surface area contributed by atoms with Crippen molar-refractivity contribution in [3.05, 3.63) is 50.2 Å². The summed E-state index contributed by atoms with van der Waals surface area (Å²) in [6.07, 6.45) is -4.46. The number of benzene rings is 1. The van der Waals surface area contributed by atoms with Crippen LogP contribution in [0.4, 0.5) is 13.2 Å². The second-order valence-corrected chi connectivity index (χ2v) is 6.33. The molecule has 2 heterocycles. The van der Waals surface area contributed by atoms with Crippen molar-refractivity contribution in [1.82, 2.24) is 14.9 Å². The summed E-state index contributed by atoms with van der Waals surface area (Å²) in [5.41, 5.74) is 0.345. The number of halogens is 4. The predicted octanol–water partition coefficient (Wildman–Crippen LogP) is 2.71. The molecule has 0 bridgehead atoms. The molecule has 0 aliphatic carbocycles. The number of hydrogen-bond donors (Lipinski definition) is 2. The second kappa shape index (κ2) is 6.81. The first-order valence-corrected chi connectivity index (χ1v) is 8.04. The first kappa shape index (κ1) is 18.5. The van der Waals surface area contributed by atoms with Crippen molar-refractivity contribution in [3.8, 4) is 11.5 Å². The lowest BCUT2D eigenvalue weighted by molar-refractivity contribution is -0.145. The maximum atomic E-state index is 12.8. The Bertz CT molecular complexity index is 899. The average molecular weight is 390 g/mol. The van der Waals surface area contributed by atoms with Gasteiger partial charge in [0, 0.05) is 26.1 Å². The van der Waals surface area contributed by atoms with Gasteiger partial charge < -0.3 is 14.8 Å². The van der Waals surface area contributed by atoms with Crippen molar-refractivity contribution in [2.75, 3.05) is 13.7 Å². The number of aromatic nitrogens is 2. The summed E-state index contributed by atoms with van der Waals surface area (Å²) in [5, 5.41) is 9.90. The predicted molar refractivity (Wildman–Crippen MR) is 87.3 cm³/mol. The topological polar surface area (TPSA) is 78.5 Å². The summed E-state index contributed by atoms with van der Waals surface area (Å²) in [5.74, 6) is -1.22. The van der Waals surface area contributed by atoms with Gasteiger partial charge in [-0.25, -0.2) is 4.98 Å². The second-order valence-electron chi connectivity index (χ2n) is 5.93. The molecule has 3 rings (SSSR count). The average Bonchev–Trinajstić information content (AvgIpc) is 2.57. The van der Waals surface area contributed by atoms with Gasteiger partial charge in [0.05, 0.1) is 23.4 Å². The monoisotopic (exact) mass is 389 g/mol. The lowest BCUT2D eigenvalue weighted by Gasteiger charge is -2.28. The number of rotatable bonds is 3. The Kier molecular flexibility index (Phi) is 4.85. The van der Waals surface area contributed by atoms with Crippen molar-refractivity contribution < 1.29 is 23.0 Å². The minimum Gasteiger partial charge on any atom is -0.503 e. The summed E-state index contributed by atoms with van der Waals surface area (Å²) in [6, 6.07) is 3.19. The number of hydrogen-bond acceptors (Lipinski definition) is 5. The molecule has 0 saturated carbocycles. The van der Waals surface area contributed by atoms with Crippen molar-refractivity contribution in [3.63, 3.8) is 0 Å². The van der Waals surface area contributed by atoms with E-state index in [1.54, 1.807) is 17.1 Å². The van der Waals surface area contributed by atoms with Gasteiger partial charge in [-0.2, -0.15) is 13.2 Å². The van der Waals surface area contributed by atoms with Crippen LogP contribution in [0.2, 0.25) is 5.02 Å². The molecular weight excluding hydrogens is 375 g/mol. The highest BCUT2D eigenvalue weighted by molar-refractivity contribution is 6.32. The highest BCUT2D eigenvalue weighted by Crippen LogP contribution is 2.35. The van der Waals surface area contributed by atoms with Gasteiger partial charge in [0.15, 0.2) is 11.5 Å². The molecule has 140 valence electrons. The van der Waals surface area contributed by atoms with Crippen LogP contribution in [0.5, 0.6) is 11.5 Å². The van der Waals surface area contributed by atoms with Gasteiger partial charge in [0.2, 0.25) is 5.82 Å². The number of phenols is 1. The molecule has 1 aromatic carbocycles. The number of ether oxygens (including phenoxy) is 1. The molecule has 26 heavy (non-hydrogen) atoms. The van der Waals surface area contributed by atoms with Crippen LogP contribution in [0.15, 0.2) is 16.9 Å². The Morgan fingerprint density at radius 3 is 2.81 bits per heavy atom. The summed E-state index contributed by atoms with van der Waals surface area (Å²) < 4.78 is 43.3. The fourth-order valence-electron chi connectivity index (χ4n) is 2.88. The van der Waals surface area contributed by atoms with Crippen molar-refractivity contribution in [2.24, 2.45) is 0 Å². The van der Waals surface area contributed by atoms with Gasteiger partial charge in [-0.3, -0.25) is 9.69 Å². The molecule has 0 spiro atoms. The third-order valence-electron chi connectivity index (χ3n) is 4.13. The largest absolute Gasteiger partial charge is 0.503 e. The standard InChI is InChI=1S/C16H15ClF3N3O3/c1-26-12-5-8(4-10(17)13(12)24)6-23-3-2-11-9(7-23)14(25)22-15(21-11)16(18,19)20/h4-5,24H,2-3,6-7H2,1H3,(H,21,22,25). The van der Waals surface area contributed by atoms with E-state index in [1.165, 1.54) is 7.11 Å². The van der Waals surface area contributed by atoms with Gasteiger partial charge in [-0.15, -0.1) is 0 Å². The fourth-order valence-corrected chi connectivity index (χ4v) is 3.12. The first-order valence-electron chi connectivity index (χ1n) is 7.66. The summed E-state index contributed by atoms with van der Waals surface area (Å²) in [7, 11) is 1.40. The number of methoxy groups -OCH3 is 1. The van der Waals surface area contributed by atoms with E-state index in [0.29, 0.717) is 13.1 Å². The van der Waals surface area contributed by atoms with Gasteiger partial charge in [0.1, 0.15) is 0 Å². The van der Waals surface area contributed by atoms with Crippen LogP contribution in [0.25, 0.3) is 0 Å². The Morgan fingerprint density at radius 1 is 1.42 bits per heavy atom. The van der Waals surface area contributed by atoms with Gasteiger partial charge in [-0.05, 0) is 17.7 Å². The third kappa shape index (κ3) is 3.63. The molecule has 0 amide bonds. The summed E-state index contributed by atoms with van der Waals surface area (Å²) in [4.78, 5) is 19.3. The Labute approximate surface area is 151 Å². The molecule has 0 atom stereocenters. The summed E-state index contributed by atoms with van der Waals surface area (Å²) in [6.45, 7) is 0.981. The van der Waals surface area contributed by atoms with E-state index in [-0.39, 0.29) is 40.7 Å². The molecule has 1 aliphatic rings. The number of phenolic OH excluding ortho intramolecular Hbond substituents is 1. The zero-order valence-corrected chi connectivity index (χ0v) is 14.4. The van der Waals surface area contributed by atoms with Crippen LogP contribution in [0, 0.1) is 0 Å². The first-order chi connectivity index (χ1) is 12.2. The molecule has 10 heteroatoms. The Morgan fingerprint density at radius 2 is 2.15 bits per heavy atom. The third-order valence-corrected chi connectivity index (χ3v) is 4.42. The van der Waals surface area contributed by atoms with Gasteiger partial charge in [-0.1, -0.05) is 11.6 Å². The smallest absolute Gasteiger partial charge is 0.449 e. The Balaban J connectivity index is 1.83. The minimum absolute atomic E-state index is 0.131. The van der Waals surface area contributed by atoms with E-state index < -0.39 is 17.6 Å².